The molecule has 0 aromatic rings. The fourth-order valence-electron chi connectivity index (χ4n) is 0.830. The van der Waals surface area contributed by atoms with Crippen LogP contribution >= 0.6 is 11.8 Å². The maximum Gasteiger partial charge on any atom is 0.110 e. The Kier molecular flexibility index (Phi) is 2.61. The van der Waals surface area contributed by atoms with Crippen LogP contribution in [0.5, 0.6) is 0 Å². The quantitative estimate of drug-likeness (QED) is 0.646. The Morgan fingerprint density at radius 3 is 2.50 bits per heavy atom. The molecule has 0 aliphatic carbocycles. The molecule has 1 aliphatic heterocycles. The summed E-state index contributed by atoms with van der Waals surface area (Å²) in [5, 5.41) is 0. The van der Waals surface area contributed by atoms with E-state index in [2.05, 4.69) is 37.7 Å². The third-order valence-corrected chi connectivity index (χ3v) is 3.16. The zero-order chi connectivity index (χ0) is 9.24. The molecule has 1 heterocycles. The largest absolute Gasteiger partial charge is 0.261 e. The van der Waals surface area contributed by atoms with Gasteiger partial charge in [0, 0.05) is 16.7 Å². The molecule has 68 valence electrons. The van der Waals surface area contributed by atoms with Crippen LogP contribution in [0, 0.1) is 0 Å². The van der Waals surface area contributed by atoms with Crippen molar-refractivity contribution in [3.05, 3.63) is 0 Å². The molecule has 1 rings (SSSR count). The highest BCUT2D eigenvalue weighted by molar-refractivity contribution is 8.00. The van der Waals surface area contributed by atoms with Crippen molar-refractivity contribution >= 4 is 24.3 Å². The molecule has 0 spiro atoms. The molecular weight excluding hydrogens is 168 g/mol. The molecule has 2 nitrogen and oxygen atoms in total. The van der Waals surface area contributed by atoms with Crippen molar-refractivity contribution in [1.82, 2.24) is 0 Å². The maximum atomic E-state index is 4.30. The molecule has 0 amide bonds. The Balaban J connectivity index is 2.42. The SMILES string of the molecule is CC(C)(C)SC[C@]1(C)C=NC=N1. The lowest BCUT2D eigenvalue weighted by molar-refractivity contribution is 0.729. The van der Waals surface area contributed by atoms with E-state index in [4.69, 9.17) is 0 Å². The van der Waals surface area contributed by atoms with Gasteiger partial charge in [-0.05, 0) is 6.92 Å². The number of aliphatic imine (C=N–C) groups is 2. The lowest BCUT2D eigenvalue weighted by Crippen LogP contribution is -2.27. The number of thioether (sulfide) groups is 1. The number of rotatable bonds is 2. The summed E-state index contributed by atoms with van der Waals surface area (Å²) in [4.78, 5) is 8.31. The van der Waals surface area contributed by atoms with E-state index in [-0.39, 0.29) is 5.54 Å². The highest BCUT2D eigenvalue weighted by Crippen LogP contribution is 2.28. The number of nitrogens with zero attached hydrogens (tertiary/aromatic N) is 2. The van der Waals surface area contributed by atoms with E-state index in [0.717, 1.165) is 5.75 Å². The highest BCUT2D eigenvalue weighted by Gasteiger charge is 2.25. The van der Waals surface area contributed by atoms with E-state index in [9.17, 15) is 0 Å². The van der Waals surface area contributed by atoms with Crippen LogP contribution in [0.4, 0.5) is 0 Å². The standard InChI is InChI=1S/C9H16N2S/c1-8(2,3)12-6-9(4)5-10-7-11-9/h5,7H,6H2,1-4H3/t9-/m0/s1. The van der Waals surface area contributed by atoms with Crippen LogP contribution in [0.1, 0.15) is 27.7 Å². The van der Waals surface area contributed by atoms with Crippen molar-refractivity contribution in [2.24, 2.45) is 9.98 Å². The molecule has 0 bridgehead atoms. The fourth-order valence-corrected chi connectivity index (χ4v) is 1.70. The Labute approximate surface area is 78.6 Å². The van der Waals surface area contributed by atoms with Gasteiger partial charge in [-0.3, -0.25) is 4.99 Å². The Bertz CT molecular complexity index is 201. The summed E-state index contributed by atoms with van der Waals surface area (Å²) < 4.78 is 0.314. The normalized spacial score (nSPS) is 28.3. The van der Waals surface area contributed by atoms with E-state index in [1.165, 1.54) is 0 Å². The number of hydrogen-bond donors (Lipinski definition) is 0. The molecule has 3 heteroatoms. The first-order valence-electron chi connectivity index (χ1n) is 4.13. The smallest absolute Gasteiger partial charge is 0.110 e. The average molecular weight is 184 g/mol. The molecule has 0 N–H and O–H groups in total. The maximum absolute atomic E-state index is 4.30. The van der Waals surface area contributed by atoms with Gasteiger partial charge in [0.25, 0.3) is 0 Å². The second-order valence-corrected chi connectivity index (χ2v) is 6.08. The first-order chi connectivity index (χ1) is 5.41. The van der Waals surface area contributed by atoms with Crippen LogP contribution in [0.25, 0.3) is 0 Å². The van der Waals surface area contributed by atoms with Crippen LogP contribution in [-0.2, 0) is 0 Å². The van der Waals surface area contributed by atoms with Crippen molar-refractivity contribution in [3.63, 3.8) is 0 Å². The highest BCUT2D eigenvalue weighted by atomic mass is 32.2. The van der Waals surface area contributed by atoms with Crippen molar-refractivity contribution in [2.45, 2.75) is 38.0 Å². The first kappa shape index (κ1) is 9.78. The molecule has 0 saturated heterocycles. The van der Waals surface area contributed by atoms with Gasteiger partial charge in [0.05, 0.1) is 0 Å². The van der Waals surface area contributed by atoms with Crippen LogP contribution in [0.2, 0.25) is 0 Å². The van der Waals surface area contributed by atoms with Gasteiger partial charge >= 0.3 is 0 Å². The molecule has 0 radical (unpaired) electrons. The van der Waals surface area contributed by atoms with Crippen LogP contribution in [-0.4, -0.2) is 28.6 Å². The second-order valence-electron chi connectivity index (χ2n) is 4.28. The van der Waals surface area contributed by atoms with Crippen LogP contribution in [0.3, 0.4) is 0 Å². The summed E-state index contributed by atoms with van der Waals surface area (Å²) in [6, 6.07) is 0. The topological polar surface area (TPSA) is 24.7 Å². The summed E-state index contributed by atoms with van der Waals surface area (Å²) in [6.45, 7) is 8.77. The molecule has 0 unspecified atom stereocenters. The molecule has 0 fully saturated rings. The zero-order valence-corrected chi connectivity index (χ0v) is 8.98. The third-order valence-electron chi connectivity index (χ3n) is 1.57. The van der Waals surface area contributed by atoms with Crippen LogP contribution in [0.15, 0.2) is 9.98 Å². The van der Waals surface area contributed by atoms with E-state index in [1.54, 1.807) is 6.34 Å². The molecular formula is C9H16N2S. The minimum atomic E-state index is -0.0576. The fraction of sp³-hybridized carbons (Fsp3) is 0.778. The van der Waals surface area contributed by atoms with Crippen molar-refractivity contribution in [3.8, 4) is 0 Å². The van der Waals surface area contributed by atoms with Gasteiger partial charge in [-0.2, -0.15) is 11.8 Å². The Morgan fingerprint density at radius 2 is 2.08 bits per heavy atom. The van der Waals surface area contributed by atoms with Gasteiger partial charge < -0.3 is 0 Å². The minimum Gasteiger partial charge on any atom is -0.261 e. The predicted molar refractivity (Wildman–Crippen MR) is 57.6 cm³/mol. The van der Waals surface area contributed by atoms with Crippen molar-refractivity contribution in [2.75, 3.05) is 5.75 Å². The van der Waals surface area contributed by atoms with Crippen LogP contribution < -0.4 is 0 Å². The zero-order valence-electron chi connectivity index (χ0n) is 8.16. The summed E-state index contributed by atoms with van der Waals surface area (Å²) >= 11 is 1.92. The Morgan fingerprint density at radius 1 is 1.42 bits per heavy atom. The minimum absolute atomic E-state index is 0.0576. The van der Waals surface area contributed by atoms with Gasteiger partial charge in [0.2, 0.25) is 0 Å². The second kappa shape index (κ2) is 3.21. The van der Waals surface area contributed by atoms with Gasteiger partial charge in [-0.1, -0.05) is 20.8 Å². The van der Waals surface area contributed by atoms with Gasteiger partial charge in [0.1, 0.15) is 11.9 Å². The summed E-state index contributed by atoms with van der Waals surface area (Å²) in [5.74, 6) is 1.01. The molecule has 1 atom stereocenters. The summed E-state index contributed by atoms with van der Waals surface area (Å²) in [5.41, 5.74) is -0.0576. The molecule has 0 aromatic carbocycles. The lowest BCUT2D eigenvalue weighted by atomic mass is 10.1. The molecule has 1 aliphatic rings. The van der Waals surface area contributed by atoms with Crippen molar-refractivity contribution < 1.29 is 0 Å². The van der Waals surface area contributed by atoms with E-state index < -0.39 is 0 Å². The lowest BCUT2D eigenvalue weighted by Gasteiger charge is -2.23. The molecule has 12 heavy (non-hydrogen) atoms. The molecule has 0 aromatic heterocycles. The number of hydrogen-bond acceptors (Lipinski definition) is 3. The van der Waals surface area contributed by atoms with Crippen molar-refractivity contribution in [1.29, 1.82) is 0 Å². The average Bonchev–Trinajstić information content (AvgIpc) is 2.32. The summed E-state index contributed by atoms with van der Waals surface area (Å²) in [6.07, 6.45) is 3.56. The third kappa shape index (κ3) is 2.97. The van der Waals surface area contributed by atoms with E-state index in [0.29, 0.717) is 4.75 Å². The Hall–Kier alpha value is -0.310. The monoisotopic (exact) mass is 184 g/mol. The van der Waals surface area contributed by atoms with E-state index in [1.807, 2.05) is 18.0 Å². The van der Waals surface area contributed by atoms with Gasteiger partial charge in [-0.15, -0.1) is 0 Å². The van der Waals surface area contributed by atoms with Gasteiger partial charge in [-0.25, -0.2) is 4.99 Å². The first-order valence-corrected chi connectivity index (χ1v) is 5.12. The van der Waals surface area contributed by atoms with E-state index >= 15 is 0 Å². The predicted octanol–water partition coefficient (Wildman–Crippen LogP) is 2.39. The summed E-state index contributed by atoms with van der Waals surface area (Å²) in [7, 11) is 0. The molecule has 0 saturated carbocycles. The van der Waals surface area contributed by atoms with Gasteiger partial charge in [0.15, 0.2) is 0 Å².